The van der Waals surface area contributed by atoms with Crippen LogP contribution in [0.5, 0.6) is 11.5 Å². The molecule has 1 rings (SSSR count). The molecule has 4 nitrogen and oxygen atoms in total. The second-order valence-corrected chi connectivity index (χ2v) is 4.28. The third kappa shape index (κ3) is 3.16. The van der Waals surface area contributed by atoms with Gasteiger partial charge in [0, 0.05) is 10.9 Å². The summed E-state index contributed by atoms with van der Waals surface area (Å²) >= 11 is 3.37. The third-order valence-electron chi connectivity index (χ3n) is 2.49. The first-order valence-electron chi connectivity index (χ1n) is 5.66. The third-order valence-corrected chi connectivity index (χ3v) is 2.88. The van der Waals surface area contributed by atoms with Gasteiger partial charge in [-0.3, -0.25) is 0 Å². The largest absolute Gasteiger partial charge is 0.493 e. The SMILES string of the molecule is CCOC(=O)c1ccc(OC)c(OC)c1CCBr. The number of esters is 1. The number of benzene rings is 1. The second kappa shape index (κ2) is 7.26. The molecule has 5 heteroatoms. The number of carbonyl (C=O) groups excluding carboxylic acids is 1. The van der Waals surface area contributed by atoms with Crippen molar-refractivity contribution in [1.29, 1.82) is 0 Å². The fraction of sp³-hybridized carbons (Fsp3) is 0.462. The smallest absolute Gasteiger partial charge is 0.338 e. The zero-order valence-corrected chi connectivity index (χ0v) is 12.4. The maximum Gasteiger partial charge on any atom is 0.338 e. The van der Waals surface area contributed by atoms with Crippen molar-refractivity contribution in [2.45, 2.75) is 13.3 Å². The number of methoxy groups -OCH3 is 2. The van der Waals surface area contributed by atoms with Crippen molar-refractivity contribution in [1.82, 2.24) is 0 Å². The molecule has 0 saturated heterocycles. The molecule has 0 spiro atoms. The van der Waals surface area contributed by atoms with E-state index in [0.29, 0.717) is 30.1 Å². The van der Waals surface area contributed by atoms with E-state index < -0.39 is 0 Å². The zero-order valence-electron chi connectivity index (χ0n) is 10.8. The van der Waals surface area contributed by atoms with Crippen LogP contribution in [0.1, 0.15) is 22.8 Å². The molecular formula is C13H17BrO4. The first-order valence-corrected chi connectivity index (χ1v) is 6.78. The standard InChI is InChI=1S/C13H17BrO4/c1-4-18-13(15)10-5-6-11(16-2)12(17-3)9(10)7-8-14/h5-6H,4,7-8H2,1-3H3. The Hall–Kier alpha value is -1.23. The Morgan fingerprint density at radius 2 is 2.00 bits per heavy atom. The van der Waals surface area contributed by atoms with Crippen LogP contribution >= 0.6 is 15.9 Å². The highest BCUT2D eigenvalue weighted by molar-refractivity contribution is 9.09. The molecular weight excluding hydrogens is 300 g/mol. The number of rotatable bonds is 6. The molecule has 18 heavy (non-hydrogen) atoms. The predicted octanol–water partition coefficient (Wildman–Crippen LogP) is 2.82. The highest BCUT2D eigenvalue weighted by atomic mass is 79.9. The van der Waals surface area contributed by atoms with E-state index in [9.17, 15) is 4.79 Å². The van der Waals surface area contributed by atoms with Crippen molar-refractivity contribution in [2.24, 2.45) is 0 Å². The van der Waals surface area contributed by atoms with Crippen molar-refractivity contribution in [3.8, 4) is 11.5 Å². The first-order chi connectivity index (χ1) is 8.69. The molecule has 0 aromatic heterocycles. The molecule has 0 unspecified atom stereocenters. The van der Waals surface area contributed by atoms with Gasteiger partial charge in [-0.2, -0.15) is 0 Å². The van der Waals surface area contributed by atoms with Crippen LogP contribution in [0.15, 0.2) is 12.1 Å². The Morgan fingerprint density at radius 3 is 2.50 bits per heavy atom. The van der Waals surface area contributed by atoms with Crippen molar-refractivity contribution < 1.29 is 19.0 Å². The molecule has 0 saturated carbocycles. The van der Waals surface area contributed by atoms with Crippen LogP contribution in [0.4, 0.5) is 0 Å². The van der Waals surface area contributed by atoms with Gasteiger partial charge in [-0.05, 0) is 25.5 Å². The zero-order chi connectivity index (χ0) is 13.5. The van der Waals surface area contributed by atoms with Gasteiger partial charge in [0.1, 0.15) is 0 Å². The molecule has 0 fully saturated rings. The summed E-state index contributed by atoms with van der Waals surface area (Å²) in [7, 11) is 3.13. The van der Waals surface area contributed by atoms with Gasteiger partial charge in [-0.15, -0.1) is 0 Å². The van der Waals surface area contributed by atoms with E-state index in [1.807, 2.05) is 0 Å². The van der Waals surface area contributed by atoms with E-state index in [0.717, 1.165) is 10.9 Å². The normalized spacial score (nSPS) is 10.0. The monoisotopic (exact) mass is 316 g/mol. The van der Waals surface area contributed by atoms with E-state index in [2.05, 4.69) is 15.9 Å². The van der Waals surface area contributed by atoms with Crippen molar-refractivity contribution >= 4 is 21.9 Å². The summed E-state index contributed by atoms with van der Waals surface area (Å²) in [4.78, 5) is 11.9. The van der Waals surface area contributed by atoms with Crippen LogP contribution in [0.2, 0.25) is 0 Å². The van der Waals surface area contributed by atoms with Gasteiger partial charge in [0.2, 0.25) is 0 Å². The molecule has 0 aliphatic carbocycles. The molecule has 0 bridgehead atoms. The summed E-state index contributed by atoms with van der Waals surface area (Å²) in [6, 6.07) is 3.42. The molecule has 0 amide bonds. The molecule has 0 aliphatic heterocycles. The number of alkyl halides is 1. The summed E-state index contributed by atoms with van der Waals surface area (Å²) in [5.74, 6) is 0.860. The van der Waals surface area contributed by atoms with Crippen LogP contribution in [0.3, 0.4) is 0 Å². The van der Waals surface area contributed by atoms with Crippen molar-refractivity contribution in [3.05, 3.63) is 23.3 Å². The highest BCUT2D eigenvalue weighted by Crippen LogP contribution is 2.34. The molecule has 0 heterocycles. The number of hydrogen-bond donors (Lipinski definition) is 0. The molecule has 0 aliphatic rings. The van der Waals surface area contributed by atoms with Gasteiger partial charge < -0.3 is 14.2 Å². The Balaban J connectivity index is 3.29. The molecule has 100 valence electrons. The van der Waals surface area contributed by atoms with Crippen molar-refractivity contribution in [3.63, 3.8) is 0 Å². The van der Waals surface area contributed by atoms with Gasteiger partial charge in [0.05, 0.1) is 26.4 Å². The number of carbonyl (C=O) groups is 1. The Kier molecular flexibility index (Phi) is 5.98. The summed E-state index contributed by atoms with van der Waals surface area (Å²) < 4.78 is 15.6. The summed E-state index contributed by atoms with van der Waals surface area (Å²) in [6.07, 6.45) is 0.661. The number of ether oxygens (including phenoxy) is 3. The van der Waals surface area contributed by atoms with Gasteiger partial charge in [-0.1, -0.05) is 15.9 Å². The van der Waals surface area contributed by atoms with Gasteiger partial charge >= 0.3 is 5.97 Å². The van der Waals surface area contributed by atoms with E-state index >= 15 is 0 Å². The topological polar surface area (TPSA) is 44.8 Å². The average Bonchev–Trinajstić information content (AvgIpc) is 2.38. The Morgan fingerprint density at radius 1 is 1.28 bits per heavy atom. The quantitative estimate of drug-likeness (QED) is 0.598. The maximum atomic E-state index is 11.9. The lowest BCUT2D eigenvalue weighted by atomic mass is 10.0. The summed E-state index contributed by atoms with van der Waals surface area (Å²) in [5.41, 5.74) is 1.32. The highest BCUT2D eigenvalue weighted by Gasteiger charge is 2.19. The van der Waals surface area contributed by atoms with E-state index in [1.165, 1.54) is 0 Å². The fourth-order valence-corrected chi connectivity index (χ4v) is 2.13. The van der Waals surface area contributed by atoms with Crippen LogP contribution < -0.4 is 9.47 Å². The lowest BCUT2D eigenvalue weighted by Crippen LogP contribution is -2.10. The van der Waals surface area contributed by atoms with Crippen molar-refractivity contribution in [2.75, 3.05) is 26.2 Å². The van der Waals surface area contributed by atoms with Gasteiger partial charge in [0.25, 0.3) is 0 Å². The minimum absolute atomic E-state index is 0.339. The maximum absolute atomic E-state index is 11.9. The molecule has 0 N–H and O–H groups in total. The number of halogens is 1. The summed E-state index contributed by atoms with van der Waals surface area (Å²) in [6.45, 7) is 2.13. The van der Waals surface area contributed by atoms with E-state index in [4.69, 9.17) is 14.2 Å². The Labute approximate surface area is 115 Å². The summed E-state index contributed by atoms with van der Waals surface area (Å²) in [5, 5.41) is 0.725. The van der Waals surface area contributed by atoms with Gasteiger partial charge in [0.15, 0.2) is 11.5 Å². The van der Waals surface area contributed by atoms with E-state index in [1.54, 1.807) is 33.3 Å². The molecule has 0 atom stereocenters. The predicted molar refractivity (Wildman–Crippen MR) is 73.0 cm³/mol. The first kappa shape index (κ1) is 14.8. The average molecular weight is 317 g/mol. The lowest BCUT2D eigenvalue weighted by molar-refractivity contribution is 0.0524. The fourth-order valence-electron chi connectivity index (χ4n) is 1.73. The van der Waals surface area contributed by atoms with Crippen LogP contribution in [0, 0.1) is 0 Å². The minimum atomic E-state index is -0.339. The Bertz CT molecular complexity index is 418. The van der Waals surface area contributed by atoms with Crippen LogP contribution in [-0.4, -0.2) is 32.1 Å². The van der Waals surface area contributed by atoms with E-state index in [-0.39, 0.29) is 5.97 Å². The minimum Gasteiger partial charge on any atom is -0.493 e. The molecule has 1 aromatic rings. The lowest BCUT2D eigenvalue weighted by Gasteiger charge is -2.15. The number of hydrogen-bond acceptors (Lipinski definition) is 4. The van der Waals surface area contributed by atoms with Crippen LogP contribution in [-0.2, 0) is 11.2 Å². The molecule has 0 radical (unpaired) electrons. The second-order valence-electron chi connectivity index (χ2n) is 3.49. The molecule has 1 aromatic carbocycles. The van der Waals surface area contributed by atoms with Crippen LogP contribution in [0.25, 0.3) is 0 Å². The van der Waals surface area contributed by atoms with Gasteiger partial charge in [-0.25, -0.2) is 4.79 Å².